The second kappa shape index (κ2) is 57.6. The van der Waals surface area contributed by atoms with Crippen LogP contribution in [-0.2, 0) is 66.4 Å². The Morgan fingerprint density at radius 2 is 0.916 bits per heavy atom. The minimum absolute atomic E-state index is 0.0140. The molecule has 1 fully saturated rings. The molecule has 490 valence electrons. The van der Waals surface area contributed by atoms with Gasteiger partial charge in [-0.2, -0.15) is 0 Å². The minimum Gasteiger partial charge on any atom is -0.385 e. The monoisotopic (exact) mass is 1180 g/mol. The molecule has 0 spiro atoms. The molecule has 0 aromatic rings. The van der Waals surface area contributed by atoms with Crippen LogP contribution in [0, 0.1) is 5.92 Å². The fourth-order valence-electron chi connectivity index (χ4n) is 7.21. The lowest BCUT2D eigenvalue weighted by Gasteiger charge is -2.31. The van der Waals surface area contributed by atoms with E-state index in [4.69, 9.17) is 93.0 Å². The van der Waals surface area contributed by atoms with E-state index in [9.17, 15) is 4.79 Å². The summed E-state index contributed by atoms with van der Waals surface area (Å²) in [5, 5.41) is 2.76. The van der Waals surface area contributed by atoms with Crippen LogP contribution in [0.1, 0.15) is 219 Å². The number of rotatable bonds is 40. The lowest BCUT2D eigenvalue weighted by Crippen LogP contribution is -2.42. The smallest absolute Gasteiger partial charge is 0.211 e. The molecule has 0 aromatic carbocycles. The third-order valence-corrected chi connectivity index (χ3v) is 10.9. The van der Waals surface area contributed by atoms with Crippen molar-refractivity contribution < 1.29 is 66.4 Å². The Bertz CT molecular complexity index is 1360. The van der Waals surface area contributed by atoms with Crippen molar-refractivity contribution in [3.63, 3.8) is 0 Å². The molecule has 1 N–H and O–H groups in total. The third-order valence-electron chi connectivity index (χ3n) is 10.9. The second-order valence-electron chi connectivity index (χ2n) is 24.7. The SMILES string of the molecule is CCCC(CCOC(C)C)OC(C)C.CCCC(COC(C)C)OC(C)C.[B]CC(=O)NC(COC(C)C)COC(C)C.[B]CC(C)(COC(C)C)OC(C)C.[B]CC(COC(C)C)OC(C)C.[B][C@@H]1OC[C@@H](COC(C)C)C1OC(C)C. The molecule has 8 radical (unpaired) electrons. The molecule has 83 heavy (non-hydrogen) atoms. The zero-order valence-electron chi connectivity index (χ0n) is 58.8. The highest BCUT2D eigenvalue weighted by Gasteiger charge is 2.35. The van der Waals surface area contributed by atoms with Gasteiger partial charge >= 0.3 is 0 Å². The van der Waals surface area contributed by atoms with Gasteiger partial charge in [0.15, 0.2) is 0 Å². The van der Waals surface area contributed by atoms with Crippen LogP contribution in [0.4, 0.5) is 0 Å². The van der Waals surface area contributed by atoms with Crippen LogP contribution in [0.5, 0.6) is 0 Å². The molecule has 7 atom stereocenters. The molecule has 1 saturated heterocycles. The number of hydrogen-bond donors (Lipinski definition) is 1. The van der Waals surface area contributed by atoms with Crippen molar-refractivity contribution in [2.45, 2.75) is 353 Å². The molecule has 1 aliphatic heterocycles. The first-order valence-corrected chi connectivity index (χ1v) is 31.9. The van der Waals surface area contributed by atoms with Crippen LogP contribution in [0.25, 0.3) is 0 Å². The lowest BCUT2D eigenvalue weighted by molar-refractivity contribution is -0.121. The molecule has 15 nitrogen and oxygen atoms in total. The molecule has 0 aromatic heterocycles. The summed E-state index contributed by atoms with van der Waals surface area (Å²) in [6.45, 7) is 59.6. The maximum absolute atomic E-state index is 11.2. The van der Waals surface area contributed by atoms with E-state index in [0.717, 1.165) is 38.9 Å². The lowest BCUT2D eigenvalue weighted by atomic mass is 9.88. The van der Waals surface area contributed by atoms with E-state index in [-0.39, 0.29) is 103 Å². The van der Waals surface area contributed by atoms with Gasteiger partial charge in [-0.05, 0) is 199 Å². The predicted molar refractivity (Wildman–Crippen MR) is 349 cm³/mol. The van der Waals surface area contributed by atoms with Gasteiger partial charge < -0.3 is 66.9 Å². The van der Waals surface area contributed by atoms with Crippen molar-refractivity contribution in [1.82, 2.24) is 5.32 Å². The van der Waals surface area contributed by atoms with Gasteiger partial charge in [0.2, 0.25) is 5.91 Å². The van der Waals surface area contributed by atoms with E-state index in [0.29, 0.717) is 82.8 Å². The number of ether oxygens (including phenoxy) is 13. The topological polar surface area (TPSA) is 149 Å². The van der Waals surface area contributed by atoms with Crippen LogP contribution in [0.15, 0.2) is 0 Å². The van der Waals surface area contributed by atoms with Gasteiger partial charge in [-0.25, -0.2) is 0 Å². The average Bonchev–Trinajstić information content (AvgIpc) is 3.71. The molecule has 1 rings (SSSR count). The highest BCUT2D eigenvalue weighted by Crippen LogP contribution is 2.24. The van der Waals surface area contributed by atoms with E-state index in [1.165, 1.54) is 6.42 Å². The average molecular weight is 1180 g/mol. The molecular weight excluding hydrogens is 1050 g/mol. The maximum Gasteiger partial charge on any atom is 0.211 e. The molecule has 0 saturated carbocycles. The minimum atomic E-state index is -0.349. The van der Waals surface area contributed by atoms with Crippen LogP contribution in [-0.4, -0.2) is 205 Å². The largest absolute Gasteiger partial charge is 0.385 e. The first kappa shape index (κ1) is 90.9. The summed E-state index contributed by atoms with van der Waals surface area (Å²) in [7, 11) is 22.2. The van der Waals surface area contributed by atoms with Gasteiger partial charge in [0, 0.05) is 18.5 Å². The van der Waals surface area contributed by atoms with E-state index >= 15 is 0 Å². The fraction of sp³-hybridized carbons (Fsp3) is 0.984. The molecule has 19 heteroatoms. The van der Waals surface area contributed by atoms with Gasteiger partial charge in [0.1, 0.15) is 7.85 Å². The second-order valence-corrected chi connectivity index (χ2v) is 24.7. The normalized spacial score (nSPS) is 17.1. The Hall–Kier alpha value is -0.790. The van der Waals surface area contributed by atoms with Crippen LogP contribution in [0.2, 0.25) is 19.0 Å². The Morgan fingerprint density at radius 3 is 1.29 bits per heavy atom. The van der Waals surface area contributed by atoms with Gasteiger partial charge in [0.05, 0.1) is 179 Å². The van der Waals surface area contributed by atoms with Crippen molar-refractivity contribution in [3.05, 3.63) is 0 Å². The van der Waals surface area contributed by atoms with Crippen LogP contribution < -0.4 is 5.32 Å². The molecule has 0 aliphatic carbocycles. The number of carbonyl (C=O) groups excluding carboxylic acids is 1. The first-order chi connectivity index (χ1) is 38.5. The van der Waals surface area contributed by atoms with Crippen molar-refractivity contribution in [2.75, 3.05) is 52.9 Å². The summed E-state index contributed by atoms with van der Waals surface area (Å²) in [5.41, 5.74) is -0.349. The van der Waals surface area contributed by atoms with E-state index in [1.807, 2.05) is 118 Å². The summed E-state index contributed by atoms with van der Waals surface area (Å²) in [6.07, 6.45) is 10.0. The highest BCUT2D eigenvalue weighted by molar-refractivity contribution is 6.19. The standard InChI is InChI=1S/C12H26O2.C11H22BNO3.C11H21BO3.C11H24O2.C10H21BO2.C9H19BO2/c1-6-7-12(14-11(4)5)8-9-13-10(2)3;1-8(2)15-6-10(7-16-9(3)4)13-11(14)5-12;1-7(2)13-5-9-6-14-11(12)10(9)15-8(3)4;1-6-7-11(13-10(4)5)8-12-9(2)3;1-8(2)12-7-10(5,6-11)13-9(3)4;1-7(2)11-6-9(5-10)12-8(3)4/h10-12H,6-9H2,1-5H3;8-10H,5-7H2,1-4H3,(H,13,14);7-11H,5-6H2,1-4H3;9-11H,6-8H2,1-5H3;8-9H,6-7H2,1-5H3;7-9H,5-6H2,1-4H3/t;;9-,10?,11-;;;/m..1.../s1. The van der Waals surface area contributed by atoms with Crippen LogP contribution >= 0.6 is 0 Å². The Kier molecular flexibility index (Phi) is 63.2. The van der Waals surface area contributed by atoms with E-state index < -0.39 is 0 Å². The predicted octanol–water partition coefficient (Wildman–Crippen LogP) is 12.6. The maximum atomic E-state index is 11.2. The van der Waals surface area contributed by atoms with Gasteiger partial charge in [0.25, 0.3) is 0 Å². The Morgan fingerprint density at radius 1 is 0.506 bits per heavy atom. The quantitative estimate of drug-likeness (QED) is 0.0580. The van der Waals surface area contributed by atoms with Crippen molar-refractivity contribution in [2.24, 2.45) is 5.92 Å². The molecule has 0 bridgehead atoms. The summed E-state index contributed by atoms with van der Waals surface area (Å²) >= 11 is 0. The third kappa shape index (κ3) is 67.0. The Labute approximate surface area is 519 Å². The zero-order valence-corrected chi connectivity index (χ0v) is 58.8. The number of carbonyl (C=O) groups is 1. The Balaban J connectivity index is -0.000000294. The van der Waals surface area contributed by atoms with E-state index in [2.05, 4.69) is 74.6 Å². The highest BCUT2D eigenvalue weighted by atomic mass is 16.6. The summed E-state index contributed by atoms with van der Waals surface area (Å²) in [5.74, 6) is 0.0644. The van der Waals surface area contributed by atoms with Crippen molar-refractivity contribution in [3.8, 4) is 0 Å². The summed E-state index contributed by atoms with van der Waals surface area (Å²) in [6, 6.07) is -0.450. The summed E-state index contributed by atoms with van der Waals surface area (Å²) in [4.78, 5) is 11.2. The van der Waals surface area contributed by atoms with Gasteiger partial charge in [-0.1, -0.05) is 39.3 Å². The van der Waals surface area contributed by atoms with Gasteiger partial charge in [-0.3, -0.25) is 4.79 Å². The molecule has 1 amide bonds. The van der Waals surface area contributed by atoms with Gasteiger partial charge in [-0.15, -0.1) is 0 Å². The molecule has 1 aliphatic rings. The van der Waals surface area contributed by atoms with E-state index in [1.54, 1.807) is 0 Å². The fourth-order valence-corrected chi connectivity index (χ4v) is 7.21. The van der Waals surface area contributed by atoms with Crippen molar-refractivity contribution in [1.29, 1.82) is 0 Å². The summed E-state index contributed by atoms with van der Waals surface area (Å²) < 4.78 is 72.2. The number of nitrogens with one attached hydrogen (secondary N) is 1. The van der Waals surface area contributed by atoms with Crippen molar-refractivity contribution >= 4 is 37.3 Å². The zero-order chi connectivity index (χ0) is 65.3. The molecular formula is C64H133B4NO14. The first-order valence-electron chi connectivity index (χ1n) is 31.9. The number of amides is 1. The van der Waals surface area contributed by atoms with Crippen LogP contribution in [0.3, 0.4) is 0 Å². The molecule has 5 unspecified atom stereocenters. The number of hydrogen-bond acceptors (Lipinski definition) is 14. The molecule has 1 heterocycles.